The Labute approximate surface area is 104 Å². The van der Waals surface area contributed by atoms with Crippen molar-refractivity contribution in [1.82, 2.24) is 15.3 Å². The minimum atomic E-state index is -0.380. The molecule has 1 rings (SSSR count). The van der Waals surface area contributed by atoms with Crippen molar-refractivity contribution >= 4 is 17.2 Å². The van der Waals surface area contributed by atoms with Crippen LogP contribution in [0.15, 0.2) is 5.38 Å². The summed E-state index contributed by atoms with van der Waals surface area (Å²) in [4.78, 5) is 17.3. The lowest BCUT2D eigenvalue weighted by Crippen LogP contribution is -2.30. The average molecular weight is 253 g/mol. The number of carbonyl (C=O) groups is 1. The minimum Gasteiger partial charge on any atom is -0.299 e. The number of nitrogens with zero attached hydrogens (tertiary/aromatic N) is 3. The predicted octanol–water partition coefficient (Wildman–Crippen LogP) is 0.338. The average Bonchev–Trinajstić information content (AvgIpc) is 2.76. The van der Waals surface area contributed by atoms with E-state index in [1.807, 2.05) is 29.7 Å². The molecule has 17 heavy (non-hydrogen) atoms. The van der Waals surface area contributed by atoms with Crippen LogP contribution in [-0.4, -0.2) is 29.4 Å². The first-order valence-electron chi connectivity index (χ1n) is 5.10. The van der Waals surface area contributed by atoms with Gasteiger partial charge in [0.05, 0.1) is 17.7 Å². The summed E-state index contributed by atoms with van der Waals surface area (Å²) in [6, 6.07) is 2.17. The Morgan fingerprint density at radius 1 is 1.82 bits per heavy atom. The summed E-state index contributed by atoms with van der Waals surface area (Å²) in [6.07, 6.45) is 0. The molecule has 1 aromatic heterocycles. The van der Waals surface area contributed by atoms with Crippen LogP contribution in [0.1, 0.15) is 22.4 Å². The van der Waals surface area contributed by atoms with Crippen molar-refractivity contribution < 1.29 is 4.79 Å². The van der Waals surface area contributed by atoms with E-state index in [4.69, 9.17) is 11.1 Å². The predicted molar refractivity (Wildman–Crippen MR) is 64.9 cm³/mol. The molecule has 0 saturated carbocycles. The molecule has 3 N–H and O–H groups in total. The van der Waals surface area contributed by atoms with Gasteiger partial charge in [-0.05, 0) is 14.0 Å². The number of nitrogens with one attached hydrogen (secondary N) is 1. The van der Waals surface area contributed by atoms with Crippen molar-refractivity contribution in [3.05, 3.63) is 16.1 Å². The Morgan fingerprint density at radius 2 is 2.53 bits per heavy atom. The molecule has 0 aliphatic carbocycles. The number of thiazole rings is 1. The SMILES string of the molecule is CC(C#N)CN(C)Cc1csc(C(=O)NN)n1. The van der Waals surface area contributed by atoms with Crippen LogP contribution < -0.4 is 11.3 Å². The van der Waals surface area contributed by atoms with Crippen LogP contribution in [0.5, 0.6) is 0 Å². The van der Waals surface area contributed by atoms with Gasteiger partial charge >= 0.3 is 0 Å². The van der Waals surface area contributed by atoms with Gasteiger partial charge in [0.15, 0.2) is 5.01 Å². The first-order chi connectivity index (χ1) is 8.06. The number of hydrogen-bond acceptors (Lipinski definition) is 6. The van der Waals surface area contributed by atoms with Crippen molar-refractivity contribution in [2.24, 2.45) is 11.8 Å². The molecule has 0 aliphatic heterocycles. The summed E-state index contributed by atoms with van der Waals surface area (Å²) >= 11 is 1.25. The molecule has 92 valence electrons. The van der Waals surface area contributed by atoms with Crippen molar-refractivity contribution in [1.29, 1.82) is 5.26 Å². The molecule has 1 amide bonds. The summed E-state index contributed by atoms with van der Waals surface area (Å²) in [7, 11) is 1.91. The van der Waals surface area contributed by atoms with E-state index in [0.29, 0.717) is 18.1 Å². The monoisotopic (exact) mass is 253 g/mol. The van der Waals surface area contributed by atoms with Gasteiger partial charge in [-0.3, -0.25) is 15.1 Å². The van der Waals surface area contributed by atoms with Gasteiger partial charge in [-0.25, -0.2) is 10.8 Å². The van der Waals surface area contributed by atoms with Gasteiger partial charge in [0.2, 0.25) is 0 Å². The largest absolute Gasteiger partial charge is 0.299 e. The number of nitriles is 1. The van der Waals surface area contributed by atoms with E-state index in [1.54, 1.807) is 0 Å². The number of amides is 1. The maximum absolute atomic E-state index is 11.2. The van der Waals surface area contributed by atoms with Crippen LogP contribution in [0.2, 0.25) is 0 Å². The van der Waals surface area contributed by atoms with Gasteiger partial charge in [-0.1, -0.05) is 0 Å². The minimum absolute atomic E-state index is 0.0227. The van der Waals surface area contributed by atoms with Gasteiger partial charge in [0.25, 0.3) is 5.91 Å². The Morgan fingerprint density at radius 3 is 3.12 bits per heavy atom. The van der Waals surface area contributed by atoms with E-state index >= 15 is 0 Å². The molecular weight excluding hydrogens is 238 g/mol. The number of rotatable bonds is 5. The third-order valence-corrected chi connectivity index (χ3v) is 3.00. The van der Waals surface area contributed by atoms with Crippen LogP contribution in [0.4, 0.5) is 0 Å². The summed E-state index contributed by atoms with van der Waals surface area (Å²) in [6.45, 7) is 3.15. The van der Waals surface area contributed by atoms with Gasteiger partial charge in [0, 0.05) is 18.5 Å². The Hall–Kier alpha value is -1.49. The zero-order valence-electron chi connectivity index (χ0n) is 9.80. The van der Waals surface area contributed by atoms with E-state index in [2.05, 4.69) is 11.1 Å². The van der Waals surface area contributed by atoms with Gasteiger partial charge < -0.3 is 0 Å². The first-order valence-corrected chi connectivity index (χ1v) is 5.98. The number of nitrogen functional groups attached to an aromatic ring is 1. The van der Waals surface area contributed by atoms with Crippen LogP contribution >= 0.6 is 11.3 Å². The van der Waals surface area contributed by atoms with Crippen LogP contribution in [0.3, 0.4) is 0 Å². The maximum atomic E-state index is 11.2. The molecular formula is C10H15N5OS. The standard InChI is InChI=1S/C10H15N5OS/c1-7(3-11)4-15(2)5-8-6-17-10(13-8)9(16)14-12/h6-7H,4-5,12H2,1-2H3,(H,14,16). The molecule has 0 spiro atoms. The lowest BCUT2D eigenvalue weighted by Gasteiger charge is -2.15. The summed E-state index contributed by atoms with van der Waals surface area (Å²) < 4.78 is 0. The van der Waals surface area contributed by atoms with E-state index in [0.717, 1.165) is 5.69 Å². The van der Waals surface area contributed by atoms with E-state index in [9.17, 15) is 4.79 Å². The number of nitrogens with two attached hydrogens (primary N) is 1. The highest BCUT2D eigenvalue weighted by atomic mass is 32.1. The fourth-order valence-corrected chi connectivity index (χ4v) is 2.11. The third kappa shape index (κ3) is 4.11. The van der Waals surface area contributed by atoms with E-state index in [-0.39, 0.29) is 11.8 Å². The second kappa shape index (κ2) is 6.30. The third-order valence-electron chi connectivity index (χ3n) is 2.11. The summed E-state index contributed by atoms with van der Waals surface area (Å²) in [5.41, 5.74) is 2.85. The molecule has 7 heteroatoms. The molecule has 0 radical (unpaired) electrons. The lowest BCUT2D eigenvalue weighted by molar-refractivity contribution is 0.0953. The number of hydrogen-bond donors (Lipinski definition) is 2. The quantitative estimate of drug-likeness (QED) is 0.448. The molecule has 0 saturated heterocycles. The fraction of sp³-hybridized carbons (Fsp3) is 0.500. The fourth-order valence-electron chi connectivity index (χ4n) is 1.40. The molecule has 1 heterocycles. The van der Waals surface area contributed by atoms with Crippen LogP contribution in [-0.2, 0) is 6.54 Å². The second-order valence-electron chi connectivity index (χ2n) is 3.84. The van der Waals surface area contributed by atoms with Crippen molar-refractivity contribution in [3.63, 3.8) is 0 Å². The topological polar surface area (TPSA) is 95.0 Å². The summed E-state index contributed by atoms with van der Waals surface area (Å²) in [5, 5.41) is 10.9. The van der Waals surface area contributed by atoms with Crippen molar-refractivity contribution in [2.45, 2.75) is 13.5 Å². The van der Waals surface area contributed by atoms with Crippen LogP contribution in [0, 0.1) is 17.2 Å². The number of hydrazine groups is 1. The highest BCUT2D eigenvalue weighted by Gasteiger charge is 2.11. The molecule has 0 aliphatic rings. The molecule has 0 bridgehead atoms. The second-order valence-corrected chi connectivity index (χ2v) is 4.70. The Balaban J connectivity index is 2.55. The van der Waals surface area contributed by atoms with Gasteiger partial charge in [-0.2, -0.15) is 5.26 Å². The molecule has 1 atom stereocenters. The first kappa shape index (κ1) is 13.6. The normalized spacial score (nSPS) is 12.2. The smallest absolute Gasteiger partial charge is 0.294 e. The van der Waals surface area contributed by atoms with Crippen molar-refractivity contribution in [3.8, 4) is 6.07 Å². The number of carbonyl (C=O) groups excluding carboxylic acids is 1. The Bertz CT molecular complexity index is 425. The van der Waals surface area contributed by atoms with E-state index in [1.165, 1.54) is 11.3 Å². The zero-order chi connectivity index (χ0) is 12.8. The van der Waals surface area contributed by atoms with Gasteiger partial charge in [-0.15, -0.1) is 11.3 Å². The van der Waals surface area contributed by atoms with E-state index < -0.39 is 0 Å². The zero-order valence-corrected chi connectivity index (χ0v) is 10.6. The molecule has 0 aromatic carbocycles. The Kier molecular flexibility index (Phi) is 5.03. The molecule has 1 unspecified atom stereocenters. The lowest BCUT2D eigenvalue weighted by atomic mass is 10.2. The van der Waals surface area contributed by atoms with Gasteiger partial charge in [0.1, 0.15) is 0 Å². The highest BCUT2D eigenvalue weighted by Crippen LogP contribution is 2.11. The molecule has 6 nitrogen and oxygen atoms in total. The molecule has 1 aromatic rings. The van der Waals surface area contributed by atoms with Crippen molar-refractivity contribution in [2.75, 3.05) is 13.6 Å². The maximum Gasteiger partial charge on any atom is 0.294 e. The molecule has 0 fully saturated rings. The van der Waals surface area contributed by atoms with Crippen LogP contribution in [0.25, 0.3) is 0 Å². The number of aromatic nitrogens is 1. The highest BCUT2D eigenvalue weighted by molar-refractivity contribution is 7.11. The summed E-state index contributed by atoms with van der Waals surface area (Å²) in [5.74, 6) is 4.62.